The van der Waals surface area contributed by atoms with Crippen LogP contribution in [0.3, 0.4) is 0 Å². The van der Waals surface area contributed by atoms with Crippen LogP contribution in [0, 0.1) is 0 Å². The number of nitrogens with zero attached hydrogens (tertiary/aromatic N) is 6. The van der Waals surface area contributed by atoms with Gasteiger partial charge in [0.25, 0.3) is 0 Å². The van der Waals surface area contributed by atoms with Gasteiger partial charge in [-0.1, -0.05) is 231 Å². The first-order chi connectivity index (χ1) is 36.2. The molecule has 0 fully saturated rings. The van der Waals surface area contributed by atoms with E-state index in [2.05, 4.69) is 206 Å². The average Bonchev–Trinajstić information content (AvgIpc) is 3.80. The summed E-state index contributed by atoms with van der Waals surface area (Å²) in [6.45, 7) is 0. The number of rotatable bonds is 10. The number of aromatic nitrogens is 6. The third-order valence-corrected chi connectivity index (χ3v) is 13.8. The van der Waals surface area contributed by atoms with E-state index in [9.17, 15) is 0 Å². The van der Waals surface area contributed by atoms with Crippen LogP contribution in [0.1, 0.15) is 22.8 Å². The monoisotopic (exact) mass is 932 g/mol. The van der Waals surface area contributed by atoms with Crippen LogP contribution >= 0.6 is 0 Å². The van der Waals surface area contributed by atoms with Crippen molar-refractivity contribution in [3.63, 3.8) is 0 Å². The molecule has 0 N–H and O–H groups in total. The molecule has 73 heavy (non-hydrogen) atoms. The van der Waals surface area contributed by atoms with Gasteiger partial charge in [0.05, 0.1) is 0 Å². The van der Waals surface area contributed by atoms with Crippen molar-refractivity contribution in [2.45, 2.75) is 5.41 Å². The van der Waals surface area contributed by atoms with Crippen LogP contribution in [0.4, 0.5) is 0 Å². The lowest BCUT2D eigenvalue weighted by molar-refractivity contribution is 0.639. The Morgan fingerprint density at radius 1 is 0.192 bits per heavy atom. The van der Waals surface area contributed by atoms with Crippen molar-refractivity contribution < 1.29 is 0 Å². The Labute approximate surface area is 424 Å². The molecule has 1 aliphatic carbocycles. The van der Waals surface area contributed by atoms with Crippen molar-refractivity contribution in [3.8, 4) is 101 Å². The summed E-state index contributed by atoms with van der Waals surface area (Å²) in [6, 6.07) is 92.6. The predicted molar refractivity (Wildman–Crippen MR) is 294 cm³/mol. The first-order valence-electron chi connectivity index (χ1n) is 24.5. The van der Waals surface area contributed by atoms with E-state index in [0.717, 1.165) is 89.0 Å². The van der Waals surface area contributed by atoms with Crippen molar-refractivity contribution in [2.75, 3.05) is 0 Å². The van der Waals surface area contributed by atoms with Crippen molar-refractivity contribution in [1.29, 1.82) is 0 Å². The lowest BCUT2D eigenvalue weighted by Crippen LogP contribution is -2.34. The van der Waals surface area contributed by atoms with Gasteiger partial charge in [-0.15, -0.1) is 0 Å². The van der Waals surface area contributed by atoms with E-state index >= 15 is 0 Å². The highest BCUT2D eigenvalue weighted by molar-refractivity contribution is 5.87. The second-order valence-corrected chi connectivity index (χ2v) is 18.2. The van der Waals surface area contributed by atoms with Gasteiger partial charge >= 0.3 is 0 Å². The fourth-order valence-electron chi connectivity index (χ4n) is 10.3. The Bertz CT molecular complexity index is 3570. The number of hydrogen-bond donors (Lipinski definition) is 0. The molecular formula is C67H44N6. The summed E-state index contributed by atoms with van der Waals surface area (Å²) in [6.07, 6.45) is 0. The minimum Gasteiger partial charge on any atom is -0.211 e. The van der Waals surface area contributed by atoms with Gasteiger partial charge in [-0.25, -0.2) is 29.9 Å². The lowest BCUT2D eigenvalue weighted by atomic mass is 9.76. The fraction of sp³-hybridized carbons (Fsp3) is 0.0149. The fourth-order valence-corrected chi connectivity index (χ4v) is 10.3. The number of benzene rings is 10. The summed E-state index contributed by atoms with van der Waals surface area (Å²) in [5.74, 6) is 3.13. The highest BCUT2D eigenvalue weighted by atomic mass is 15.1. The summed E-state index contributed by atoms with van der Waals surface area (Å²) >= 11 is 0. The maximum atomic E-state index is 5.72. The van der Waals surface area contributed by atoms with Crippen LogP contribution < -0.4 is 0 Å². The molecule has 6 heteroatoms. The molecule has 1 aliphatic rings. The summed E-state index contributed by atoms with van der Waals surface area (Å²) in [5, 5.41) is 0. The molecule has 342 valence electrons. The normalized spacial score (nSPS) is 12.2. The maximum absolute atomic E-state index is 5.72. The quantitative estimate of drug-likeness (QED) is 0.136. The van der Waals surface area contributed by atoms with E-state index < -0.39 is 5.41 Å². The average molecular weight is 933 g/mol. The van der Waals surface area contributed by atoms with Crippen molar-refractivity contribution in [3.05, 3.63) is 290 Å². The third-order valence-electron chi connectivity index (χ3n) is 13.8. The second kappa shape index (κ2) is 18.5. The molecular weight excluding hydrogens is 889 g/mol. The van der Waals surface area contributed by atoms with E-state index in [1.165, 1.54) is 0 Å². The van der Waals surface area contributed by atoms with Crippen LogP contribution in [0.2, 0.25) is 0 Å². The molecule has 0 aliphatic heterocycles. The van der Waals surface area contributed by atoms with Gasteiger partial charge < -0.3 is 0 Å². The van der Waals surface area contributed by atoms with Crippen LogP contribution in [-0.2, 0) is 5.41 Å². The zero-order chi connectivity index (χ0) is 48.6. The van der Waals surface area contributed by atoms with Gasteiger partial charge in [-0.3, -0.25) is 0 Å². The summed E-state index contributed by atoms with van der Waals surface area (Å²) < 4.78 is 0. The van der Waals surface area contributed by atoms with Crippen molar-refractivity contribution >= 4 is 0 Å². The summed E-state index contributed by atoms with van der Waals surface area (Å²) in [5.41, 5.74) is 14.8. The third kappa shape index (κ3) is 7.97. The number of fused-ring (bicyclic) bond motifs is 3. The Morgan fingerprint density at radius 3 is 0.726 bits per heavy atom. The largest absolute Gasteiger partial charge is 0.211 e. The van der Waals surface area contributed by atoms with Crippen LogP contribution in [0.5, 0.6) is 0 Å². The zero-order valence-corrected chi connectivity index (χ0v) is 39.6. The molecule has 0 atom stereocenters. The lowest BCUT2D eigenvalue weighted by Gasteiger charge is -2.30. The molecule has 2 aromatic heterocycles. The summed E-state index contributed by atoms with van der Waals surface area (Å²) in [4.78, 5) is 33.4. The van der Waals surface area contributed by atoms with Gasteiger partial charge in [-0.2, -0.15) is 0 Å². The summed E-state index contributed by atoms with van der Waals surface area (Å²) in [7, 11) is 0. The Balaban J connectivity index is 1.13. The Kier molecular flexibility index (Phi) is 11.0. The highest BCUT2D eigenvalue weighted by Gasteiger charge is 2.52. The minimum atomic E-state index is -1.26. The van der Waals surface area contributed by atoms with E-state index in [0.29, 0.717) is 34.9 Å². The molecule has 10 aromatic carbocycles. The van der Waals surface area contributed by atoms with Crippen LogP contribution in [0.15, 0.2) is 267 Å². The first-order valence-corrected chi connectivity index (χ1v) is 24.5. The molecule has 0 saturated carbocycles. The number of hydrogen-bond acceptors (Lipinski definition) is 6. The molecule has 12 aromatic rings. The second-order valence-electron chi connectivity index (χ2n) is 18.2. The SMILES string of the molecule is c1ccc(-c2cc(-c3ccccc3)cc(-c3nc(-c4ccccc4)nc(C4(c5nc(-c6ccccc6)nc(-c6cc(-c7ccccc7)cc(-c7ccccc7)c6)n5)c5ccccc5-c5ccccc54)n3)c2)cc1. The standard InChI is InChI=1S/C67H44N6/c1-7-23-45(24-8-1)51-39-52(46-25-9-2-10-26-46)42-55(41-51)63-68-61(49-31-15-5-16-32-49)70-65(72-63)67(59-37-21-19-35-57(59)58-36-20-22-38-60(58)67)66-71-62(50-33-17-6-18-34-50)69-64(73-66)56-43-53(47-27-11-3-12-28-47)40-54(44-56)48-29-13-4-14-30-48/h1-44H. The van der Waals surface area contributed by atoms with Crippen molar-refractivity contribution in [1.82, 2.24) is 29.9 Å². The van der Waals surface area contributed by atoms with Gasteiger partial charge in [0.2, 0.25) is 0 Å². The molecule has 0 amide bonds. The Morgan fingerprint density at radius 2 is 0.425 bits per heavy atom. The van der Waals surface area contributed by atoms with Crippen LogP contribution in [-0.4, -0.2) is 29.9 Å². The van der Waals surface area contributed by atoms with Gasteiger partial charge in [0, 0.05) is 22.3 Å². The molecule has 2 heterocycles. The molecule has 6 nitrogen and oxygen atoms in total. The van der Waals surface area contributed by atoms with E-state index in [1.54, 1.807) is 0 Å². The highest BCUT2D eigenvalue weighted by Crippen LogP contribution is 2.55. The Hall–Kier alpha value is -9.78. The zero-order valence-electron chi connectivity index (χ0n) is 39.6. The first kappa shape index (κ1) is 43.3. The topological polar surface area (TPSA) is 77.3 Å². The van der Waals surface area contributed by atoms with E-state index in [1.807, 2.05) is 60.7 Å². The van der Waals surface area contributed by atoms with Crippen molar-refractivity contribution in [2.24, 2.45) is 0 Å². The van der Waals surface area contributed by atoms with Crippen LogP contribution in [0.25, 0.3) is 101 Å². The van der Waals surface area contributed by atoms with Gasteiger partial charge in [-0.05, 0) is 103 Å². The molecule has 0 unspecified atom stereocenters. The van der Waals surface area contributed by atoms with Gasteiger partial charge in [0.15, 0.2) is 34.9 Å². The van der Waals surface area contributed by atoms with E-state index in [-0.39, 0.29) is 0 Å². The van der Waals surface area contributed by atoms with Gasteiger partial charge in [0.1, 0.15) is 5.41 Å². The molecule has 13 rings (SSSR count). The molecule has 0 spiro atoms. The molecule has 0 saturated heterocycles. The maximum Gasteiger partial charge on any atom is 0.163 e. The molecule has 0 radical (unpaired) electrons. The molecule has 0 bridgehead atoms. The minimum absolute atomic E-state index is 0.499. The predicted octanol–water partition coefficient (Wildman–Crippen LogP) is 15.8. The van der Waals surface area contributed by atoms with E-state index in [4.69, 9.17) is 29.9 Å². The smallest absolute Gasteiger partial charge is 0.163 e.